The summed E-state index contributed by atoms with van der Waals surface area (Å²) in [5.74, 6) is -0.927. The second-order valence-corrected chi connectivity index (χ2v) is 4.58. The Morgan fingerprint density at radius 3 is 2.53 bits per heavy atom. The summed E-state index contributed by atoms with van der Waals surface area (Å²) in [6, 6.07) is 16.4. The third-order valence-corrected chi connectivity index (χ3v) is 2.90. The number of rotatable bonds is 4. The van der Waals surface area contributed by atoms with Crippen LogP contribution in [0.25, 0.3) is 6.08 Å². The molecule has 0 aromatic heterocycles. The molecule has 2 heteroatoms. The second kappa shape index (κ2) is 6.01. The third kappa shape index (κ3) is 4.11. The first kappa shape index (κ1) is 13.1. The van der Waals surface area contributed by atoms with Gasteiger partial charge in [-0.05, 0) is 36.1 Å². The molecule has 0 amide bonds. The van der Waals surface area contributed by atoms with Crippen LogP contribution < -0.4 is 0 Å². The molecule has 0 atom stereocenters. The van der Waals surface area contributed by atoms with E-state index in [-0.39, 0.29) is 0 Å². The lowest BCUT2D eigenvalue weighted by Crippen LogP contribution is -1.90. The number of hydrogen-bond acceptors (Lipinski definition) is 1. The van der Waals surface area contributed by atoms with Crippen LogP contribution in [-0.4, -0.2) is 11.1 Å². The summed E-state index contributed by atoms with van der Waals surface area (Å²) >= 11 is 0. The summed E-state index contributed by atoms with van der Waals surface area (Å²) in [7, 11) is 0. The Bertz CT molecular complexity index is 595. The van der Waals surface area contributed by atoms with Crippen molar-refractivity contribution < 1.29 is 9.90 Å². The molecule has 19 heavy (non-hydrogen) atoms. The van der Waals surface area contributed by atoms with Crippen LogP contribution in [0.1, 0.15) is 22.3 Å². The van der Waals surface area contributed by atoms with E-state index in [2.05, 4.69) is 37.3 Å². The normalized spacial score (nSPS) is 10.8. The Morgan fingerprint density at radius 2 is 1.84 bits per heavy atom. The minimum atomic E-state index is -0.927. The molecule has 0 fully saturated rings. The van der Waals surface area contributed by atoms with E-state index in [9.17, 15) is 4.79 Å². The van der Waals surface area contributed by atoms with E-state index in [0.717, 1.165) is 18.1 Å². The van der Waals surface area contributed by atoms with Gasteiger partial charge in [0.05, 0.1) is 0 Å². The van der Waals surface area contributed by atoms with Gasteiger partial charge in [-0.15, -0.1) is 0 Å². The van der Waals surface area contributed by atoms with Crippen LogP contribution in [0.4, 0.5) is 0 Å². The predicted octanol–water partition coefficient (Wildman–Crippen LogP) is 3.68. The molecular formula is C17H16O2. The Morgan fingerprint density at radius 1 is 1.11 bits per heavy atom. The van der Waals surface area contributed by atoms with E-state index in [0.29, 0.717) is 0 Å². The molecule has 2 aromatic carbocycles. The Hall–Kier alpha value is -2.35. The number of carbonyl (C=O) groups is 1. The summed E-state index contributed by atoms with van der Waals surface area (Å²) in [4.78, 5) is 10.5. The zero-order valence-corrected chi connectivity index (χ0v) is 10.8. The van der Waals surface area contributed by atoms with Crippen molar-refractivity contribution in [3.8, 4) is 0 Å². The molecule has 0 spiro atoms. The fourth-order valence-corrected chi connectivity index (χ4v) is 1.92. The molecule has 0 saturated heterocycles. The Labute approximate surface area is 113 Å². The molecule has 0 saturated carbocycles. The standard InChI is InChI=1S/C17H16O2/c1-13-5-7-15(8-6-13)12-16-4-2-3-14(11-16)9-10-17(18)19/h2-11H,12H2,1H3,(H,18,19)/b10-9+. The monoisotopic (exact) mass is 252 g/mol. The van der Waals surface area contributed by atoms with Crippen molar-refractivity contribution >= 4 is 12.0 Å². The maximum atomic E-state index is 10.5. The lowest BCUT2D eigenvalue weighted by molar-refractivity contribution is -0.131. The van der Waals surface area contributed by atoms with Gasteiger partial charge in [0.1, 0.15) is 0 Å². The lowest BCUT2D eigenvalue weighted by atomic mass is 10.0. The van der Waals surface area contributed by atoms with Crippen LogP contribution >= 0.6 is 0 Å². The van der Waals surface area contributed by atoms with E-state index in [1.165, 1.54) is 16.7 Å². The average molecular weight is 252 g/mol. The Kier molecular flexibility index (Phi) is 4.14. The molecule has 2 rings (SSSR count). The fourth-order valence-electron chi connectivity index (χ4n) is 1.92. The van der Waals surface area contributed by atoms with Crippen LogP contribution in [-0.2, 0) is 11.2 Å². The van der Waals surface area contributed by atoms with Crippen LogP contribution in [0.15, 0.2) is 54.6 Å². The van der Waals surface area contributed by atoms with Gasteiger partial charge in [0.25, 0.3) is 0 Å². The SMILES string of the molecule is Cc1ccc(Cc2cccc(/C=C/C(=O)O)c2)cc1. The van der Waals surface area contributed by atoms with Crippen LogP contribution in [0.5, 0.6) is 0 Å². The van der Waals surface area contributed by atoms with E-state index >= 15 is 0 Å². The van der Waals surface area contributed by atoms with E-state index in [4.69, 9.17) is 5.11 Å². The van der Waals surface area contributed by atoms with Crippen LogP contribution in [0.2, 0.25) is 0 Å². The van der Waals surface area contributed by atoms with Crippen molar-refractivity contribution in [3.63, 3.8) is 0 Å². The third-order valence-electron chi connectivity index (χ3n) is 2.90. The smallest absolute Gasteiger partial charge is 0.328 e. The average Bonchev–Trinajstić information content (AvgIpc) is 2.40. The molecule has 1 N–H and O–H groups in total. The van der Waals surface area contributed by atoms with Crippen LogP contribution in [0, 0.1) is 6.92 Å². The molecule has 2 nitrogen and oxygen atoms in total. The molecule has 0 aliphatic carbocycles. The molecule has 0 radical (unpaired) electrons. The first-order chi connectivity index (χ1) is 9.13. The van der Waals surface area contributed by atoms with Crippen molar-refractivity contribution in [2.24, 2.45) is 0 Å². The summed E-state index contributed by atoms with van der Waals surface area (Å²) < 4.78 is 0. The fraction of sp³-hybridized carbons (Fsp3) is 0.118. The first-order valence-corrected chi connectivity index (χ1v) is 6.19. The van der Waals surface area contributed by atoms with E-state index in [1.807, 2.05) is 18.2 Å². The van der Waals surface area contributed by atoms with Gasteiger partial charge in [0.2, 0.25) is 0 Å². The topological polar surface area (TPSA) is 37.3 Å². The summed E-state index contributed by atoms with van der Waals surface area (Å²) in [5.41, 5.74) is 4.59. The van der Waals surface area contributed by atoms with Crippen LogP contribution in [0.3, 0.4) is 0 Å². The molecule has 0 unspecified atom stereocenters. The van der Waals surface area contributed by atoms with Gasteiger partial charge in [-0.1, -0.05) is 54.1 Å². The molecule has 2 aromatic rings. The van der Waals surface area contributed by atoms with Crippen molar-refractivity contribution in [1.29, 1.82) is 0 Å². The summed E-state index contributed by atoms with van der Waals surface area (Å²) in [6.45, 7) is 2.07. The molecular weight excluding hydrogens is 236 g/mol. The van der Waals surface area contributed by atoms with Gasteiger partial charge in [-0.2, -0.15) is 0 Å². The van der Waals surface area contributed by atoms with Gasteiger partial charge in [0, 0.05) is 6.08 Å². The number of benzene rings is 2. The maximum absolute atomic E-state index is 10.5. The predicted molar refractivity (Wildman–Crippen MR) is 77.1 cm³/mol. The molecule has 96 valence electrons. The Balaban J connectivity index is 2.15. The van der Waals surface area contributed by atoms with E-state index in [1.54, 1.807) is 6.08 Å². The van der Waals surface area contributed by atoms with Crippen molar-refractivity contribution in [2.45, 2.75) is 13.3 Å². The van der Waals surface area contributed by atoms with E-state index < -0.39 is 5.97 Å². The molecule has 0 bridgehead atoms. The van der Waals surface area contributed by atoms with Gasteiger partial charge in [0.15, 0.2) is 0 Å². The molecule has 0 aliphatic rings. The zero-order chi connectivity index (χ0) is 13.7. The highest BCUT2D eigenvalue weighted by Crippen LogP contribution is 2.13. The highest BCUT2D eigenvalue weighted by atomic mass is 16.4. The van der Waals surface area contributed by atoms with Crippen molar-refractivity contribution in [1.82, 2.24) is 0 Å². The minimum Gasteiger partial charge on any atom is -0.478 e. The van der Waals surface area contributed by atoms with Crippen molar-refractivity contribution in [2.75, 3.05) is 0 Å². The van der Waals surface area contributed by atoms with Gasteiger partial charge in [-0.3, -0.25) is 0 Å². The number of aryl methyl sites for hydroxylation is 1. The minimum absolute atomic E-state index is 0.856. The number of carboxylic acid groups (broad SMARTS) is 1. The molecule has 0 heterocycles. The second-order valence-electron chi connectivity index (χ2n) is 4.58. The highest BCUT2D eigenvalue weighted by molar-refractivity contribution is 5.85. The quantitative estimate of drug-likeness (QED) is 0.843. The van der Waals surface area contributed by atoms with Gasteiger partial charge in [-0.25, -0.2) is 4.79 Å². The number of aliphatic carboxylic acids is 1. The maximum Gasteiger partial charge on any atom is 0.328 e. The first-order valence-electron chi connectivity index (χ1n) is 6.19. The lowest BCUT2D eigenvalue weighted by Gasteiger charge is -2.04. The van der Waals surface area contributed by atoms with Gasteiger partial charge < -0.3 is 5.11 Å². The van der Waals surface area contributed by atoms with Crippen molar-refractivity contribution in [3.05, 3.63) is 76.9 Å². The number of carboxylic acids is 1. The molecule has 0 aliphatic heterocycles. The zero-order valence-electron chi connectivity index (χ0n) is 10.8. The highest BCUT2D eigenvalue weighted by Gasteiger charge is 1.97. The summed E-state index contributed by atoms with van der Waals surface area (Å²) in [5, 5.41) is 8.62. The van der Waals surface area contributed by atoms with Gasteiger partial charge >= 0.3 is 5.97 Å². The number of hydrogen-bond donors (Lipinski definition) is 1. The summed E-state index contributed by atoms with van der Waals surface area (Å²) in [6.07, 6.45) is 3.63. The largest absolute Gasteiger partial charge is 0.478 e.